The van der Waals surface area contributed by atoms with Gasteiger partial charge in [-0.3, -0.25) is 4.98 Å². The van der Waals surface area contributed by atoms with Crippen molar-refractivity contribution < 1.29 is 0 Å². The van der Waals surface area contributed by atoms with E-state index in [1.807, 2.05) is 37.4 Å². The van der Waals surface area contributed by atoms with Crippen LogP contribution in [0.15, 0.2) is 36.8 Å². The second kappa shape index (κ2) is 4.64. The summed E-state index contributed by atoms with van der Waals surface area (Å²) in [6, 6.07) is 7.99. The van der Waals surface area contributed by atoms with Crippen LogP contribution in [0.1, 0.15) is 17.1 Å². The molecule has 3 nitrogen and oxygen atoms in total. The Morgan fingerprint density at radius 1 is 1.00 bits per heavy atom. The monoisotopic (exact) mass is 199 g/mol. The van der Waals surface area contributed by atoms with Crippen molar-refractivity contribution in [1.29, 1.82) is 0 Å². The number of aromatic nitrogens is 3. The van der Waals surface area contributed by atoms with Gasteiger partial charge in [0.2, 0.25) is 0 Å². The van der Waals surface area contributed by atoms with Gasteiger partial charge in [-0.2, -0.15) is 0 Å². The lowest BCUT2D eigenvalue weighted by molar-refractivity contribution is 0.865. The van der Waals surface area contributed by atoms with Crippen molar-refractivity contribution in [3.63, 3.8) is 0 Å². The van der Waals surface area contributed by atoms with Crippen LogP contribution in [0.5, 0.6) is 0 Å². The van der Waals surface area contributed by atoms with Crippen LogP contribution in [-0.4, -0.2) is 15.0 Å². The molecule has 0 amide bonds. The van der Waals surface area contributed by atoms with Crippen molar-refractivity contribution in [3.8, 4) is 0 Å². The molecule has 76 valence electrons. The average Bonchev–Trinajstić information content (AvgIpc) is 2.28. The Bertz CT molecular complexity index is 426. The highest BCUT2D eigenvalue weighted by atomic mass is 14.8. The lowest BCUT2D eigenvalue weighted by Crippen LogP contribution is -1.97. The van der Waals surface area contributed by atoms with Gasteiger partial charge in [-0.1, -0.05) is 6.07 Å². The van der Waals surface area contributed by atoms with Crippen LogP contribution in [0.3, 0.4) is 0 Å². The van der Waals surface area contributed by atoms with Crippen LogP contribution in [0.2, 0.25) is 0 Å². The minimum absolute atomic E-state index is 0.917. The number of pyridine rings is 1. The summed E-state index contributed by atoms with van der Waals surface area (Å²) in [5.74, 6) is 0. The number of hydrogen-bond acceptors (Lipinski definition) is 3. The molecule has 0 aliphatic heterocycles. The van der Waals surface area contributed by atoms with Gasteiger partial charge >= 0.3 is 0 Å². The van der Waals surface area contributed by atoms with Gasteiger partial charge in [0.1, 0.15) is 6.33 Å². The smallest absolute Gasteiger partial charge is 0.115 e. The molecular formula is C12H13N3. The van der Waals surface area contributed by atoms with Crippen molar-refractivity contribution in [1.82, 2.24) is 15.0 Å². The number of aryl methyl sites for hydroxylation is 3. The molecule has 0 atom stereocenters. The minimum Gasteiger partial charge on any atom is -0.261 e. The molecule has 2 aromatic heterocycles. The largest absolute Gasteiger partial charge is 0.261 e. The second-order valence-electron chi connectivity index (χ2n) is 3.47. The van der Waals surface area contributed by atoms with Crippen LogP contribution in [-0.2, 0) is 12.8 Å². The molecule has 0 aliphatic rings. The normalized spacial score (nSPS) is 10.2. The molecule has 0 fully saturated rings. The third-order valence-corrected chi connectivity index (χ3v) is 2.22. The lowest BCUT2D eigenvalue weighted by Gasteiger charge is -2.00. The Kier molecular flexibility index (Phi) is 3.02. The third kappa shape index (κ3) is 2.84. The first-order valence-electron chi connectivity index (χ1n) is 5.02. The van der Waals surface area contributed by atoms with Gasteiger partial charge in [-0.25, -0.2) is 9.97 Å². The summed E-state index contributed by atoms with van der Waals surface area (Å²) in [6.45, 7) is 1.98. The van der Waals surface area contributed by atoms with E-state index in [2.05, 4.69) is 15.0 Å². The van der Waals surface area contributed by atoms with Crippen molar-refractivity contribution in [2.45, 2.75) is 19.8 Å². The first kappa shape index (κ1) is 9.77. The Hall–Kier alpha value is -1.77. The highest BCUT2D eigenvalue weighted by molar-refractivity contribution is 5.10. The molecule has 0 radical (unpaired) electrons. The van der Waals surface area contributed by atoms with Gasteiger partial charge in [0.05, 0.1) is 0 Å². The molecule has 0 aromatic carbocycles. The van der Waals surface area contributed by atoms with E-state index in [0.29, 0.717) is 0 Å². The van der Waals surface area contributed by atoms with Crippen LogP contribution in [0.4, 0.5) is 0 Å². The van der Waals surface area contributed by atoms with E-state index in [1.54, 1.807) is 6.33 Å². The molecule has 2 rings (SSSR count). The highest BCUT2D eigenvalue weighted by Gasteiger charge is 1.97. The third-order valence-electron chi connectivity index (χ3n) is 2.22. The average molecular weight is 199 g/mol. The van der Waals surface area contributed by atoms with E-state index >= 15 is 0 Å². The predicted octanol–water partition coefficient (Wildman–Crippen LogP) is 1.97. The van der Waals surface area contributed by atoms with Crippen LogP contribution < -0.4 is 0 Å². The lowest BCUT2D eigenvalue weighted by atomic mass is 10.1. The molecular weight excluding hydrogens is 186 g/mol. The minimum atomic E-state index is 0.917. The van der Waals surface area contributed by atoms with Gasteiger partial charge in [-0.05, 0) is 38.0 Å². The van der Waals surface area contributed by atoms with Gasteiger partial charge < -0.3 is 0 Å². The fraction of sp³-hybridized carbons (Fsp3) is 0.250. The maximum Gasteiger partial charge on any atom is 0.115 e. The zero-order valence-corrected chi connectivity index (χ0v) is 8.72. The fourth-order valence-electron chi connectivity index (χ4n) is 1.45. The van der Waals surface area contributed by atoms with E-state index in [0.717, 1.165) is 29.9 Å². The van der Waals surface area contributed by atoms with E-state index in [4.69, 9.17) is 0 Å². The first-order valence-corrected chi connectivity index (χ1v) is 5.02. The van der Waals surface area contributed by atoms with Crippen LogP contribution >= 0.6 is 0 Å². The second-order valence-corrected chi connectivity index (χ2v) is 3.47. The zero-order chi connectivity index (χ0) is 10.5. The van der Waals surface area contributed by atoms with Gasteiger partial charge in [-0.15, -0.1) is 0 Å². The van der Waals surface area contributed by atoms with Crippen LogP contribution in [0.25, 0.3) is 0 Å². The molecule has 3 heteroatoms. The summed E-state index contributed by atoms with van der Waals surface area (Å²) in [7, 11) is 0. The van der Waals surface area contributed by atoms with E-state index in [1.165, 1.54) is 0 Å². The standard InChI is InChI=1S/C12H13N3/c1-10-8-12(15-9-14-10)6-5-11-4-2-3-7-13-11/h2-4,7-9H,5-6H2,1H3. The SMILES string of the molecule is Cc1cc(CCc2ccccn2)ncn1. The number of hydrogen-bond donors (Lipinski definition) is 0. The summed E-state index contributed by atoms with van der Waals surface area (Å²) >= 11 is 0. The number of nitrogens with zero attached hydrogens (tertiary/aromatic N) is 3. The molecule has 15 heavy (non-hydrogen) atoms. The Balaban J connectivity index is 1.99. The van der Waals surface area contributed by atoms with Gasteiger partial charge in [0.15, 0.2) is 0 Å². The fourth-order valence-corrected chi connectivity index (χ4v) is 1.45. The summed E-state index contributed by atoms with van der Waals surface area (Å²) in [5, 5.41) is 0. The van der Waals surface area contributed by atoms with Crippen molar-refractivity contribution in [3.05, 3.63) is 53.9 Å². The van der Waals surface area contributed by atoms with Crippen LogP contribution in [0, 0.1) is 6.92 Å². The van der Waals surface area contributed by atoms with Gasteiger partial charge in [0.25, 0.3) is 0 Å². The molecule has 0 N–H and O–H groups in total. The molecule has 0 spiro atoms. The predicted molar refractivity (Wildman–Crippen MR) is 58.4 cm³/mol. The first-order chi connectivity index (χ1) is 7.34. The number of rotatable bonds is 3. The molecule has 0 saturated heterocycles. The topological polar surface area (TPSA) is 38.7 Å². The Morgan fingerprint density at radius 2 is 1.87 bits per heavy atom. The Labute approximate surface area is 89.2 Å². The highest BCUT2D eigenvalue weighted by Crippen LogP contribution is 2.03. The molecule has 2 heterocycles. The van der Waals surface area contributed by atoms with E-state index in [-0.39, 0.29) is 0 Å². The molecule has 2 aromatic rings. The molecule has 0 unspecified atom stereocenters. The van der Waals surface area contributed by atoms with Crippen molar-refractivity contribution >= 4 is 0 Å². The van der Waals surface area contributed by atoms with E-state index in [9.17, 15) is 0 Å². The summed E-state index contributed by atoms with van der Waals surface area (Å²) in [6.07, 6.45) is 5.28. The van der Waals surface area contributed by atoms with Gasteiger partial charge in [0, 0.05) is 23.3 Å². The quantitative estimate of drug-likeness (QED) is 0.758. The van der Waals surface area contributed by atoms with Crippen molar-refractivity contribution in [2.24, 2.45) is 0 Å². The summed E-state index contributed by atoms with van der Waals surface area (Å²) in [4.78, 5) is 12.6. The molecule has 0 aliphatic carbocycles. The summed E-state index contributed by atoms with van der Waals surface area (Å²) < 4.78 is 0. The zero-order valence-electron chi connectivity index (χ0n) is 8.72. The Morgan fingerprint density at radius 3 is 2.60 bits per heavy atom. The maximum absolute atomic E-state index is 4.27. The van der Waals surface area contributed by atoms with E-state index < -0.39 is 0 Å². The molecule has 0 saturated carbocycles. The molecule has 0 bridgehead atoms. The van der Waals surface area contributed by atoms with Crippen molar-refractivity contribution in [2.75, 3.05) is 0 Å². The summed E-state index contributed by atoms with van der Waals surface area (Å²) in [5.41, 5.74) is 3.20. The maximum atomic E-state index is 4.27.